The topological polar surface area (TPSA) is 92.2 Å². The molecule has 2 aromatic carbocycles. The van der Waals surface area contributed by atoms with E-state index in [1.54, 1.807) is 36.5 Å². The van der Waals surface area contributed by atoms with E-state index in [0.29, 0.717) is 29.3 Å². The van der Waals surface area contributed by atoms with Crippen molar-refractivity contribution < 1.29 is 8.42 Å². The van der Waals surface area contributed by atoms with Crippen molar-refractivity contribution in [2.75, 3.05) is 30.9 Å². The zero-order valence-corrected chi connectivity index (χ0v) is 22.2. The maximum atomic E-state index is 13.0. The van der Waals surface area contributed by atoms with Gasteiger partial charge in [-0.3, -0.25) is 0 Å². The molecule has 2 heterocycles. The molecule has 194 valence electrons. The number of hydrogen-bond acceptors (Lipinski definition) is 7. The smallest absolute Gasteiger partial charge is 0.267 e. The van der Waals surface area contributed by atoms with Crippen LogP contribution < -0.4 is 15.5 Å². The van der Waals surface area contributed by atoms with Crippen molar-refractivity contribution in [2.24, 2.45) is 5.92 Å². The molecule has 2 aromatic heterocycles. The van der Waals surface area contributed by atoms with Crippen molar-refractivity contribution >= 4 is 32.7 Å². The normalized spacial score (nSPS) is 18.1. The van der Waals surface area contributed by atoms with E-state index >= 15 is 0 Å². The number of nitrogens with zero attached hydrogens (tertiary/aromatic N) is 4. The molecule has 1 saturated carbocycles. The van der Waals surface area contributed by atoms with E-state index in [-0.39, 0.29) is 0 Å². The van der Waals surface area contributed by atoms with E-state index in [0.717, 1.165) is 54.6 Å². The molecule has 0 bridgehead atoms. The zero-order valence-electron chi connectivity index (χ0n) is 21.3. The van der Waals surface area contributed by atoms with Gasteiger partial charge in [0.1, 0.15) is 5.82 Å². The number of anilines is 2. The molecular formula is C28H34N6O2S. The Labute approximate surface area is 218 Å². The highest BCUT2D eigenvalue weighted by atomic mass is 32.2. The monoisotopic (exact) mass is 518 g/mol. The molecule has 5 rings (SSSR count). The Morgan fingerprint density at radius 2 is 1.65 bits per heavy atom. The van der Waals surface area contributed by atoms with Gasteiger partial charge in [-0.15, -0.1) is 0 Å². The number of fused-ring (bicyclic) bond motifs is 1. The van der Waals surface area contributed by atoms with Gasteiger partial charge in [0.05, 0.1) is 10.4 Å². The van der Waals surface area contributed by atoms with Crippen LogP contribution in [-0.2, 0) is 16.6 Å². The quantitative estimate of drug-likeness (QED) is 0.337. The largest absolute Gasteiger partial charge is 0.362 e. The van der Waals surface area contributed by atoms with Crippen LogP contribution in [0.25, 0.3) is 10.9 Å². The third kappa shape index (κ3) is 5.62. The first-order chi connectivity index (χ1) is 17.9. The van der Waals surface area contributed by atoms with Gasteiger partial charge in [0, 0.05) is 44.0 Å². The van der Waals surface area contributed by atoms with Gasteiger partial charge in [-0.25, -0.2) is 17.4 Å². The Morgan fingerprint density at radius 1 is 0.919 bits per heavy atom. The summed E-state index contributed by atoms with van der Waals surface area (Å²) in [7, 11) is 0.422. The molecule has 37 heavy (non-hydrogen) atoms. The predicted molar refractivity (Wildman–Crippen MR) is 148 cm³/mol. The molecule has 0 saturated heterocycles. The molecule has 1 fully saturated rings. The summed E-state index contributed by atoms with van der Waals surface area (Å²) in [5.41, 5.74) is 1.69. The van der Waals surface area contributed by atoms with Crippen LogP contribution >= 0.6 is 0 Å². The fraction of sp³-hybridized carbons (Fsp3) is 0.357. The predicted octanol–water partition coefficient (Wildman–Crippen LogP) is 4.49. The van der Waals surface area contributed by atoms with E-state index in [9.17, 15) is 8.42 Å². The SMILES string of the molecule is CN(C)c1nc(NC2CCC(CNCc3cccn3S(=O)(=O)c3ccccc3)CC2)nc2ccccc12. The maximum Gasteiger partial charge on any atom is 0.267 e. The van der Waals surface area contributed by atoms with Crippen molar-refractivity contribution in [1.29, 1.82) is 0 Å². The summed E-state index contributed by atoms with van der Waals surface area (Å²) in [6.07, 6.45) is 5.92. The standard InChI is InChI=1S/C28H34N6O2S/c1-33(2)27-25-12-6-7-13-26(25)31-28(32-27)30-22-16-14-21(15-17-22)19-29-20-23-9-8-18-34(23)37(35,36)24-10-4-3-5-11-24/h3-13,18,21-22,29H,14-17,19-20H2,1-2H3,(H,30,31,32). The highest BCUT2D eigenvalue weighted by Gasteiger charge is 2.23. The summed E-state index contributed by atoms with van der Waals surface area (Å²) < 4.78 is 27.4. The van der Waals surface area contributed by atoms with Crippen LogP contribution in [0.5, 0.6) is 0 Å². The molecule has 1 aliphatic rings. The third-order valence-electron chi connectivity index (χ3n) is 7.02. The molecule has 0 radical (unpaired) electrons. The van der Waals surface area contributed by atoms with Gasteiger partial charge in [0.25, 0.3) is 10.0 Å². The van der Waals surface area contributed by atoms with Crippen LogP contribution in [0.2, 0.25) is 0 Å². The second kappa shape index (κ2) is 10.9. The molecule has 1 aliphatic carbocycles. The van der Waals surface area contributed by atoms with Crippen LogP contribution in [0.4, 0.5) is 11.8 Å². The van der Waals surface area contributed by atoms with E-state index in [4.69, 9.17) is 9.97 Å². The van der Waals surface area contributed by atoms with Gasteiger partial charge in [-0.05, 0) is 74.5 Å². The Bertz CT molecular complexity index is 1440. The van der Waals surface area contributed by atoms with Crippen molar-refractivity contribution in [3.8, 4) is 0 Å². The molecule has 0 atom stereocenters. The van der Waals surface area contributed by atoms with Gasteiger partial charge >= 0.3 is 0 Å². The Hall–Kier alpha value is -3.43. The van der Waals surface area contributed by atoms with Crippen molar-refractivity contribution in [2.45, 2.75) is 43.2 Å². The van der Waals surface area contributed by atoms with Gasteiger partial charge < -0.3 is 15.5 Å². The van der Waals surface area contributed by atoms with Crippen molar-refractivity contribution in [3.05, 3.63) is 78.6 Å². The molecule has 0 aliphatic heterocycles. The fourth-order valence-electron chi connectivity index (χ4n) is 5.04. The molecule has 9 heteroatoms. The summed E-state index contributed by atoms with van der Waals surface area (Å²) in [5, 5.41) is 8.11. The van der Waals surface area contributed by atoms with E-state index in [1.165, 1.54) is 3.97 Å². The Kier molecular flexibility index (Phi) is 7.43. The lowest BCUT2D eigenvalue weighted by atomic mass is 9.86. The van der Waals surface area contributed by atoms with Crippen LogP contribution in [-0.4, -0.2) is 49.0 Å². The summed E-state index contributed by atoms with van der Waals surface area (Å²) in [5.74, 6) is 2.16. The first kappa shape index (κ1) is 25.2. The third-order valence-corrected chi connectivity index (χ3v) is 8.76. The second-order valence-corrected chi connectivity index (χ2v) is 11.7. The lowest BCUT2D eigenvalue weighted by molar-refractivity contribution is 0.323. The van der Waals surface area contributed by atoms with Crippen LogP contribution in [0.1, 0.15) is 31.4 Å². The van der Waals surface area contributed by atoms with E-state index in [2.05, 4.69) is 16.7 Å². The summed E-state index contributed by atoms with van der Waals surface area (Å²) >= 11 is 0. The molecule has 4 aromatic rings. The first-order valence-corrected chi connectivity index (χ1v) is 14.2. The van der Waals surface area contributed by atoms with E-state index < -0.39 is 10.0 Å². The molecular weight excluding hydrogens is 484 g/mol. The van der Waals surface area contributed by atoms with Gasteiger partial charge in [-0.1, -0.05) is 30.3 Å². The minimum Gasteiger partial charge on any atom is -0.362 e. The van der Waals surface area contributed by atoms with Crippen molar-refractivity contribution in [1.82, 2.24) is 19.3 Å². The van der Waals surface area contributed by atoms with E-state index in [1.807, 2.05) is 49.3 Å². The molecule has 2 N–H and O–H groups in total. The Morgan fingerprint density at radius 3 is 2.41 bits per heavy atom. The van der Waals surface area contributed by atoms with Gasteiger partial charge in [0.2, 0.25) is 5.95 Å². The highest BCUT2D eigenvalue weighted by Crippen LogP contribution is 2.28. The number of hydrogen-bond donors (Lipinski definition) is 2. The fourth-order valence-corrected chi connectivity index (χ4v) is 6.43. The molecule has 8 nitrogen and oxygen atoms in total. The summed E-state index contributed by atoms with van der Waals surface area (Å²) in [4.78, 5) is 11.9. The number of benzene rings is 2. The van der Waals surface area contributed by atoms with Crippen LogP contribution in [0.15, 0.2) is 77.8 Å². The zero-order chi connectivity index (χ0) is 25.8. The molecule has 0 spiro atoms. The first-order valence-electron chi connectivity index (χ1n) is 12.8. The number of nitrogens with one attached hydrogen (secondary N) is 2. The summed E-state index contributed by atoms with van der Waals surface area (Å²) in [6, 6.07) is 20.7. The maximum absolute atomic E-state index is 13.0. The lowest BCUT2D eigenvalue weighted by Crippen LogP contribution is -2.32. The number of rotatable bonds is 9. The van der Waals surface area contributed by atoms with Crippen LogP contribution in [0, 0.1) is 5.92 Å². The van der Waals surface area contributed by atoms with Gasteiger partial charge in [0.15, 0.2) is 0 Å². The average Bonchev–Trinajstić information content (AvgIpc) is 3.39. The lowest BCUT2D eigenvalue weighted by Gasteiger charge is -2.29. The molecule has 0 amide bonds. The van der Waals surface area contributed by atoms with Crippen molar-refractivity contribution in [3.63, 3.8) is 0 Å². The Balaban J connectivity index is 1.14. The summed E-state index contributed by atoms with van der Waals surface area (Å²) in [6.45, 7) is 1.37. The number of aromatic nitrogens is 3. The van der Waals surface area contributed by atoms with Crippen LogP contribution in [0.3, 0.4) is 0 Å². The molecule has 0 unspecified atom stereocenters. The average molecular weight is 519 g/mol. The second-order valence-electron chi connectivity index (χ2n) is 9.89. The number of para-hydroxylation sites is 1. The highest BCUT2D eigenvalue weighted by molar-refractivity contribution is 7.90. The minimum absolute atomic E-state index is 0.298. The minimum atomic E-state index is -3.59. The van der Waals surface area contributed by atoms with Gasteiger partial charge in [-0.2, -0.15) is 4.98 Å².